The molecule has 0 aromatic carbocycles. The number of hydrogen-bond acceptors (Lipinski definition) is 8. The van der Waals surface area contributed by atoms with Gasteiger partial charge in [-0.05, 0) is 64.5 Å². The Labute approximate surface area is 306 Å². The summed E-state index contributed by atoms with van der Waals surface area (Å²) >= 11 is 3.85. The third kappa shape index (κ3) is 30.4. The van der Waals surface area contributed by atoms with E-state index in [9.17, 15) is 9.59 Å². The minimum absolute atomic E-state index is 0.0166. The summed E-state index contributed by atoms with van der Waals surface area (Å²) in [5, 5.41) is 8.98. The van der Waals surface area contributed by atoms with Crippen LogP contribution in [0.1, 0.15) is 169 Å². The largest absolute Gasteiger partial charge is 0.465 e. The minimum atomic E-state index is 0.0166. The molecule has 0 saturated heterocycles. The molecule has 2 atom stereocenters. The standard InChI is InChI=1S/C40H79NO5S2/c1-5-9-11-13-19-25-37(7-3)39(43)45-31-23-17-15-21-27-41(29-33-47-35-36-48-34-30-42)28-22-16-18-24-32-46-40(44)38(8-4)26-20-14-12-10-6-2/h37-38,42H,5-36H2,1-4H3. The van der Waals surface area contributed by atoms with E-state index in [1.54, 1.807) is 0 Å². The maximum absolute atomic E-state index is 12.5. The Kier molecular flexibility index (Phi) is 37.5. The molecule has 0 spiro atoms. The summed E-state index contributed by atoms with van der Waals surface area (Å²) in [4.78, 5) is 27.7. The van der Waals surface area contributed by atoms with Gasteiger partial charge in [0.1, 0.15) is 0 Å². The first-order valence-corrected chi connectivity index (χ1v) is 22.7. The maximum atomic E-state index is 12.5. The van der Waals surface area contributed by atoms with Crippen LogP contribution in [0, 0.1) is 11.8 Å². The Morgan fingerprint density at radius 1 is 0.521 bits per heavy atom. The van der Waals surface area contributed by atoms with Crippen LogP contribution >= 0.6 is 23.5 Å². The highest BCUT2D eigenvalue weighted by molar-refractivity contribution is 8.02. The van der Waals surface area contributed by atoms with Crippen LogP contribution in [0.3, 0.4) is 0 Å². The fourth-order valence-corrected chi connectivity index (χ4v) is 7.91. The average molecular weight is 718 g/mol. The van der Waals surface area contributed by atoms with E-state index in [4.69, 9.17) is 14.6 Å². The zero-order valence-electron chi connectivity index (χ0n) is 32.1. The predicted octanol–water partition coefficient (Wildman–Crippen LogP) is 10.7. The van der Waals surface area contributed by atoms with E-state index in [1.165, 1.54) is 77.0 Å². The van der Waals surface area contributed by atoms with Crippen molar-refractivity contribution in [3.63, 3.8) is 0 Å². The molecule has 0 aromatic rings. The molecule has 0 aliphatic heterocycles. The zero-order valence-corrected chi connectivity index (χ0v) is 33.8. The molecule has 0 aliphatic carbocycles. The number of aliphatic hydroxyl groups is 1. The molecule has 0 radical (unpaired) electrons. The predicted molar refractivity (Wildman–Crippen MR) is 211 cm³/mol. The van der Waals surface area contributed by atoms with Gasteiger partial charge in [0, 0.05) is 29.6 Å². The molecule has 0 saturated carbocycles. The van der Waals surface area contributed by atoms with Crippen molar-refractivity contribution in [3.8, 4) is 0 Å². The lowest BCUT2D eigenvalue weighted by molar-refractivity contribution is -0.150. The summed E-state index contributed by atoms with van der Waals surface area (Å²) in [5.41, 5.74) is 0. The van der Waals surface area contributed by atoms with Crippen molar-refractivity contribution in [1.82, 2.24) is 4.90 Å². The maximum Gasteiger partial charge on any atom is 0.308 e. The van der Waals surface area contributed by atoms with Crippen LogP contribution in [-0.2, 0) is 19.1 Å². The van der Waals surface area contributed by atoms with E-state index in [1.807, 2.05) is 23.5 Å². The van der Waals surface area contributed by atoms with E-state index >= 15 is 0 Å². The molecule has 8 heteroatoms. The first-order valence-electron chi connectivity index (χ1n) is 20.4. The summed E-state index contributed by atoms with van der Waals surface area (Å²) in [6, 6.07) is 0. The highest BCUT2D eigenvalue weighted by atomic mass is 32.2. The number of carbonyl (C=O) groups is 2. The summed E-state index contributed by atoms with van der Waals surface area (Å²) in [6.07, 6.45) is 25.0. The highest BCUT2D eigenvalue weighted by Gasteiger charge is 2.18. The molecule has 0 heterocycles. The number of thioether (sulfide) groups is 2. The SMILES string of the molecule is CCCCCCCC(CC)C(=O)OCCCCCCN(CCCCCCOC(=O)C(CC)CCCCCCC)CCSCCSCCO. The van der Waals surface area contributed by atoms with Crippen molar-refractivity contribution in [2.75, 3.05) is 62.5 Å². The number of aliphatic hydroxyl groups excluding tert-OH is 1. The number of unbranched alkanes of at least 4 members (excludes halogenated alkanes) is 14. The molecule has 286 valence electrons. The second-order valence-electron chi connectivity index (χ2n) is 13.6. The van der Waals surface area contributed by atoms with Crippen LogP contribution in [-0.4, -0.2) is 84.4 Å². The van der Waals surface area contributed by atoms with Gasteiger partial charge in [0.2, 0.25) is 0 Å². The van der Waals surface area contributed by atoms with Gasteiger partial charge in [-0.2, -0.15) is 23.5 Å². The quantitative estimate of drug-likeness (QED) is 0.0500. The van der Waals surface area contributed by atoms with Gasteiger partial charge in [-0.25, -0.2) is 0 Å². The first-order chi connectivity index (χ1) is 23.5. The number of nitrogens with zero attached hydrogens (tertiary/aromatic N) is 1. The summed E-state index contributed by atoms with van der Waals surface area (Å²) in [5.74, 6) is 4.42. The van der Waals surface area contributed by atoms with Gasteiger partial charge in [0.15, 0.2) is 0 Å². The lowest BCUT2D eigenvalue weighted by atomic mass is 9.98. The van der Waals surface area contributed by atoms with E-state index in [0.717, 1.165) is 107 Å². The van der Waals surface area contributed by atoms with Crippen molar-refractivity contribution in [2.45, 2.75) is 169 Å². The zero-order chi connectivity index (χ0) is 35.3. The van der Waals surface area contributed by atoms with E-state index in [0.29, 0.717) is 13.2 Å². The molecule has 0 fully saturated rings. The second-order valence-corrected chi connectivity index (χ2v) is 16.0. The third-order valence-electron chi connectivity index (χ3n) is 9.35. The Balaban J connectivity index is 4.24. The molecule has 0 rings (SSSR count). The lowest BCUT2D eigenvalue weighted by Gasteiger charge is -2.22. The molecule has 2 unspecified atom stereocenters. The number of hydrogen-bond donors (Lipinski definition) is 1. The fourth-order valence-electron chi connectivity index (χ4n) is 6.04. The van der Waals surface area contributed by atoms with Crippen LogP contribution in [0.4, 0.5) is 0 Å². The Morgan fingerprint density at radius 2 is 0.938 bits per heavy atom. The number of ether oxygens (including phenoxy) is 2. The van der Waals surface area contributed by atoms with E-state index < -0.39 is 0 Å². The summed E-state index contributed by atoms with van der Waals surface area (Å²) in [6.45, 7) is 13.5. The minimum Gasteiger partial charge on any atom is -0.465 e. The number of esters is 2. The van der Waals surface area contributed by atoms with Crippen molar-refractivity contribution in [1.29, 1.82) is 0 Å². The van der Waals surface area contributed by atoms with Gasteiger partial charge in [0.25, 0.3) is 0 Å². The van der Waals surface area contributed by atoms with Gasteiger partial charge in [-0.3, -0.25) is 9.59 Å². The van der Waals surface area contributed by atoms with Gasteiger partial charge in [-0.1, -0.05) is 118 Å². The lowest BCUT2D eigenvalue weighted by Crippen LogP contribution is -2.28. The summed E-state index contributed by atoms with van der Waals surface area (Å²) < 4.78 is 11.3. The van der Waals surface area contributed by atoms with Crippen LogP contribution < -0.4 is 0 Å². The number of rotatable bonds is 38. The Morgan fingerprint density at radius 3 is 1.38 bits per heavy atom. The van der Waals surface area contributed by atoms with Crippen LogP contribution in [0.25, 0.3) is 0 Å². The number of carbonyl (C=O) groups excluding carboxylic acids is 2. The molecular weight excluding hydrogens is 639 g/mol. The molecule has 0 aromatic heterocycles. The van der Waals surface area contributed by atoms with Gasteiger partial charge in [0.05, 0.1) is 31.7 Å². The second kappa shape index (κ2) is 37.8. The molecule has 48 heavy (non-hydrogen) atoms. The molecule has 6 nitrogen and oxygen atoms in total. The normalized spacial score (nSPS) is 12.8. The fraction of sp³-hybridized carbons (Fsp3) is 0.950. The van der Waals surface area contributed by atoms with Crippen molar-refractivity contribution >= 4 is 35.5 Å². The molecule has 0 bridgehead atoms. The first kappa shape index (κ1) is 47.6. The third-order valence-corrected chi connectivity index (χ3v) is 11.5. The molecule has 0 aliphatic rings. The smallest absolute Gasteiger partial charge is 0.308 e. The van der Waals surface area contributed by atoms with Crippen LogP contribution in [0.15, 0.2) is 0 Å². The summed E-state index contributed by atoms with van der Waals surface area (Å²) in [7, 11) is 0. The molecule has 0 amide bonds. The molecule has 1 N–H and O–H groups in total. The van der Waals surface area contributed by atoms with Gasteiger partial charge in [-0.15, -0.1) is 0 Å². The van der Waals surface area contributed by atoms with Gasteiger partial charge < -0.3 is 19.5 Å². The van der Waals surface area contributed by atoms with Crippen LogP contribution in [0.5, 0.6) is 0 Å². The van der Waals surface area contributed by atoms with Crippen molar-refractivity contribution < 1.29 is 24.2 Å². The Hall–Kier alpha value is -0.440. The van der Waals surface area contributed by atoms with Crippen LogP contribution in [0.2, 0.25) is 0 Å². The molecular formula is C40H79NO5S2. The van der Waals surface area contributed by atoms with E-state index in [-0.39, 0.29) is 30.4 Å². The Bertz CT molecular complexity index is 651. The van der Waals surface area contributed by atoms with Crippen molar-refractivity contribution in [3.05, 3.63) is 0 Å². The van der Waals surface area contributed by atoms with Gasteiger partial charge >= 0.3 is 11.9 Å². The highest BCUT2D eigenvalue weighted by Crippen LogP contribution is 2.18. The average Bonchev–Trinajstić information content (AvgIpc) is 3.09. The van der Waals surface area contributed by atoms with E-state index in [2.05, 4.69) is 32.6 Å². The monoisotopic (exact) mass is 718 g/mol. The topological polar surface area (TPSA) is 76.1 Å². The van der Waals surface area contributed by atoms with Crippen molar-refractivity contribution in [2.24, 2.45) is 11.8 Å².